The second kappa shape index (κ2) is 11.1. The van der Waals surface area contributed by atoms with E-state index in [0.29, 0.717) is 0 Å². The molecule has 0 saturated carbocycles. The minimum atomic E-state index is 1.12. The lowest BCUT2D eigenvalue weighted by Crippen LogP contribution is -2.10. The van der Waals surface area contributed by atoms with E-state index in [4.69, 9.17) is 0 Å². The summed E-state index contributed by atoms with van der Waals surface area (Å²) in [6, 6.07) is 65.1. The largest absolute Gasteiger partial charge is 0.311 e. The van der Waals surface area contributed by atoms with Crippen LogP contribution in [-0.2, 0) is 0 Å². The molecule has 208 valence electrons. The molecule has 0 fully saturated rings. The fourth-order valence-corrected chi connectivity index (χ4v) is 6.36. The van der Waals surface area contributed by atoms with Gasteiger partial charge >= 0.3 is 0 Å². The fourth-order valence-electron chi connectivity index (χ4n) is 6.36. The number of hydrogen-bond donors (Lipinski definition) is 0. The first-order valence-corrected chi connectivity index (χ1v) is 15.0. The summed E-state index contributed by atoms with van der Waals surface area (Å²) < 4.78 is 0. The van der Waals surface area contributed by atoms with E-state index in [1.807, 2.05) is 0 Å². The molecule has 0 unspecified atom stereocenters. The van der Waals surface area contributed by atoms with E-state index >= 15 is 0 Å². The highest BCUT2D eigenvalue weighted by atomic mass is 15.2. The maximum absolute atomic E-state index is 2.40. The molecule has 0 bridgehead atoms. The third-order valence-electron chi connectivity index (χ3n) is 8.39. The molecule has 0 saturated heterocycles. The normalized spacial score (nSPS) is 11.6. The quantitative estimate of drug-likeness (QED) is 0.206. The summed E-state index contributed by atoms with van der Waals surface area (Å²) in [4.78, 5) is 4.70. The zero-order valence-electron chi connectivity index (χ0n) is 24.2. The molecule has 0 radical (unpaired) electrons. The molecule has 0 atom stereocenters. The number of benzene rings is 7. The van der Waals surface area contributed by atoms with Gasteiger partial charge in [-0.1, -0.05) is 115 Å². The van der Waals surface area contributed by atoms with Gasteiger partial charge in [0.15, 0.2) is 0 Å². The second-order valence-electron chi connectivity index (χ2n) is 11.0. The fraction of sp³-hybridized carbons (Fsp3) is 0. The van der Waals surface area contributed by atoms with Crippen molar-refractivity contribution in [3.05, 3.63) is 182 Å². The second-order valence-corrected chi connectivity index (χ2v) is 11.0. The maximum Gasteiger partial charge on any atom is 0.0540 e. The van der Waals surface area contributed by atoms with E-state index in [0.717, 1.165) is 22.7 Å². The van der Waals surface area contributed by atoms with Crippen LogP contribution in [0.2, 0.25) is 0 Å². The van der Waals surface area contributed by atoms with Gasteiger partial charge in [0.25, 0.3) is 0 Å². The Kier molecular flexibility index (Phi) is 6.51. The van der Waals surface area contributed by atoms with Crippen LogP contribution in [0.1, 0.15) is 0 Å². The molecule has 0 amide bonds. The summed E-state index contributed by atoms with van der Waals surface area (Å²) >= 11 is 0. The van der Waals surface area contributed by atoms with Crippen molar-refractivity contribution in [1.29, 1.82) is 0 Å². The summed E-state index contributed by atoms with van der Waals surface area (Å²) in [6.45, 7) is 0. The number of para-hydroxylation sites is 4. The summed E-state index contributed by atoms with van der Waals surface area (Å²) in [6.07, 6.45) is 0. The van der Waals surface area contributed by atoms with E-state index < -0.39 is 0 Å². The smallest absolute Gasteiger partial charge is 0.0540 e. The summed E-state index contributed by atoms with van der Waals surface area (Å²) in [5.74, 6) is 0. The van der Waals surface area contributed by atoms with Crippen molar-refractivity contribution >= 4 is 34.1 Å². The third-order valence-corrected chi connectivity index (χ3v) is 8.39. The van der Waals surface area contributed by atoms with Crippen LogP contribution in [0.3, 0.4) is 0 Å². The molecule has 1 aliphatic heterocycles. The molecule has 1 aliphatic rings. The average Bonchev–Trinajstić information content (AvgIpc) is 3.23. The Labute approximate surface area is 258 Å². The lowest BCUT2D eigenvalue weighted by molar-refractivity contribution is 1.28. The van der Waals surface area contributed by atoms with Crippen molar-refractivity contribution in [2.24, 2.45) is 0 Å². The number of hydrogen-bond acceptors (Lipinski definition) is 2. The van der Waals surface area contributed by atoms with Crippen molar-refractivity contribution in [2.75, 3.05) is 9.80 Å². The molecular weight excluding hydrogens is 532 g/mol. The Bertz CT molecular complexity index is 2010. The molecule has 0 aromatic heterocycles. The highest BCUT2D eigenvalue weighted by Gasteiger charge is 2.26. The van der Waals surface area contributed by atoms with Crippen LogP contribution in [0, 0.1) is 0 Å². The van der Waals surface area contributed by atoms with Crippen molar-refractivity contribution in [3.8, 4) is 33.4 Å². The number of anilines is 6. The standard InChI is InChI=1S/C42H30N2/c1-4-14-33(15-5-1)43(34-16-6-2-7-17-34)36-27-24-31(25-28-36)32-26-29-42-40(30-32)38-21-11-10-20-37(38)39-22-12-13-23-41(39)44(42)35-18-8-3-9-19-35/h1-30H. The van der Waals surface area contributed by atoms with Gasteiger partial charge in [-0.2, -0.15) is 0 Å². The lowest BCUT2D eigenvalue weighted by Gasteiger charge is -2.27. The summed E-state index contributed by atoms with van der Waals surface area (Å²) in [5.41, 5.74) is 14.2. The average molecular weight is 563 g/mol. The molecule has 7 aromatic rings. The zero-order chi connectivity index (χ0) is 29.3. The molecule has 8 rings (SSSR count). The van der Waals surface area contributed by atoms with Gasteiger partial charge < -0.3 is 9.80 Å². The predicted octanol–water partition coefficient (Wildman–Crippen LogP) is 11.9. The summed E-state index contributed by atoms with van der Waals surface area (Å²) in [7, 11) is 0. The van der Waals surface area contributed by atoms with Crippen LogP contribution in [0.15, 0.2) is 182 Å². The van der Waals surface area contributed by atoms with E-state index in [9.17, 15) is 0 Å². The van der Waals surface area contributed by atoms with Crippen molar-refractivity contribution in [2.45, 2.75) is 0 Å². The van der Waals surface area contributed by atoms with Crippen LogP contribution in [0.25, 0.3) is 33.4 Å². The summed E-state index contributed by atoms with van der Waals surface area (Å²) in [5, 5.41) is 0. The molecular formula is C42H30N2. The molecule has 0 N–H and O–H groups in total. The highest BCUT2D eigenvalue weighted by Crippen LogP contribution is 2.51. The van der Waals surface area contributed by atoms with Gasteiger partial charge in [-0.15, -0.1) is 0 Å². The van der Waals surface area contributed by atoms with E-state index in [-0.39, 0.29) is 0 Å². The molecule has 0 spiro atoms. The third kappa shape index (κ3) is 4.54. The van der Waals surface area contributed by atoms with Gasteiger partial charge in [0.1, 0.15) is 0 Å². The van der Waals surface area contributed by atoms with Gasteiger partial charge in [0.2, 0.25) is 0 Å². The lowest BCUT2D eigenvalue weighted by atomic mass is 9.92. The Morgan fingerprint density at radius 1 is 0.318 bits per heavy atom. The van der Waals surface area contributed by atoms with Crippen molar-refractivity contribution < 1.29 is 0 Å². The van der Waals surface area contributed by atoms with Crippen LogP contribution < -0.4 is 9.80 Å². The Morgan fingerprint density at radius 2 is 0.773 bits per heavy atom. The first-order chi connectivity index (χ1) is 21.8. The Hall–Kier alpha value is -5.86. The van der Waals surface area contributed by atoms with Crippen LogP contribution in [-0.4, -0.2) is 0 Å². The zero-order valence-corrected chi connectivity index (χ0v) is 24.2. The van der Waals surface area contributed by atoms with Crippen LogP contribution >= 0.6 is 0 Å². The molecule has 2 nitrogen and oxygen atoms in total. The first kappa shape index (κ1) is 25.8. The first-order valence-electron chi connectivity index (χ1n) is 15.0. The van der Waals surface area contributed by atoms with E-state index in [1.54, 1.807) is 0 Å². The van der Waals surface area contributed by atoms with Gasteiger partial charge in [-0.3, -0.25) is 0 Å². The topological polar surface area (TPSA) is 6.48 Å². The van der Waals surface area contributed by atoms with Gasteiger partial charge in [-0.25, -0.2) is 0 Å². The molecule has 44 heavy (non-hydrogen) atoms. The molecule has 0 aliphatic carbocycles. The van der Waals surface area contributed by atoms with Gasteiger partial charge in [-0.05, 0) is 89.0 Å². The molecule has 7 aromatic carbocycles. The van der Waals surface area contributed by atoms with Crippen LogP contribution in [0.5, 0.6) is 0 Å². The Balaban J connectivity index is 1.26. The van der Waals surface area contributed by atoms with Gasteiger partial charge in [0.05, 0.1) is 11.4 Å². The van der Waals surface area contributed by atoms with Crippen LogP contribution in [0.4, 0.5) is 34.1 Å². The SMILES string of the molecule is c1ccc(N(c2ccccc2)c2ccc(-c3ccc4c(c3)-c3ccccc3-c3ccccc3N4c3ccccc3)cc2)cc1. The monoisotopic (exact) mass is 562 g/mol. The Morgan fingerprint density at radius 3 is 1.41 bits per heavy atom. The molecule has 2 heteroatoms. The minimum absolute atomic E-state index is 1.12. The predicted molar refractivity (Wildman–Crippen MR) is 186 cm³/mol. The number of fused-ring (bicyclic) bond motifs is 5. The van der Waals surface area contributed by atoms with E-state index in [1.165, 1.54) is 44.8 Å². The maximum atomic E-state index is 2.40. The number of nitrogens with zero attached hydrogens (tertiary/aromatic N) is 2. The molecule has 1 heterocycles. The van der Waals surface area contributed by atoms with Gasteiger partial charge in [0, 0.05) is 33.9 Å². The highest BCUT2D eigenvalue weighted by molar-refractivity contribution is 6.03. The van der Waals surface area contributed by atoms with Crippen molar-refractivity contribution in [1.82, 2.24) is 0 Å². The van der Waals surface area contributed by atoms with E-state index in [2.05, 4.69) is 192 Å². The minimum Gasteiger partial charge on any atom is -0.311 e. The number of rotatable bonds is 5. The van der Waals surface area contributed by atoms with Crippen molar-refractivity contribution in [3.63, 3.8) is 0 Å².